The van der Waals surface area contributed by atoms with Gasteiger partial charge in [0.1, 0.15) is 5.82 Å². The van der Waals surface area contributed by atoms with Crippen molar-refractivity contribution in [2.24, 2.45) is 0 Å². The third-order valence-electron chi connectivity index (χ3n) is 6.68. The lowest BCUT2D eigenvalue weighted by molar-refractivity contribution is 0.263. The zero-order chi connectivity index (χ0) is 21.2. The molecule has 0 N–H and O–H groups in total. The number of aromatic nitrogens is 1. The number of rotatable bonds is 6. The molecule has 3 aromatic carbocycles. The minimum Gasteiger partial charge on any atom is -0.353 e. The zero-order valence-corrected chi connectivity index (χ0v) is 18.1. The molecule has 0 spiro atoms. The van der Waals surface area contributed by atoms with Crippen LogP contribution in [0.2, 0.25) is 0 Å². The largest absolute Gasteiger partial charge is 0.353 e. The number of nitrogens with zero attached hydrogens (tertiary/aromatic N) is 2. The van der Waals surface area contributed by atoms with E-state index >= 15 is 0 Å². The molecule has 1 fully saturated rings. The third kappa shape index (κ3) is 4.42. The van der Waals surface area contributed by atoms with Crippen LogP contribution in [0.5, 0.6) is 0 Å². The summed E-state index contributed by atoms with van der Waals surface area (Å²) in [5.41, 5.74) is 4.96. The molecule has 1 unspecified atom stereocenters. The fourth-order valence-corrected chi connectivity index (χ4v) is 4.71. The van der Waals surface area contributed by atoms with Crippen LogP contribution in [0.1, 0.15) is 36.9 Å². The molecule has 31 heavy (non-hydrogen) atoms. The summed E-state index contributed by atoms with van der Waals surface area (Å²) < 4.78 is 15.5. The number of benzene rings is 3. The van der Waals surface area contributed by atoms with Crippen molar-refractivity contribution in [3.05, 3.63) is 96.1 Å². The Morgan fingerprint density at radius 1 is 0.806 bits per heavy atom. The van der Waals surface area contributed by atoms with Gasteiger partial charge >= 0.3 is 0 Å². The van der Waals surface area contributed by atoms with Gasteiger partial charge in [0.05, 0.1) is 0 Å². The molecule has 0 aliphatic carbocycles. The predicted octanol–water partition coefficient (Wildman–Crippen LogP) is 6.85. The Kier molecular flexibility index (Phi) is 5.61. The summed E-state index contributed by atoms with van der Waals surface area (Å²) in [6.45, 7) is 5.74. The monoisotopic (exact) mass is 412 g/mol. The van der Waals surface area contributed by atoms with Crippen LogP contribution in [0.15, 0.2) is 79.1 Å². The van der Waals surface area contributed by atoms with Gasteiger partial charge in [-0.15, -0.1) is 0 Å². The van der Waals surface area contributed by atoms with Crippen LogP contribution in [-0.4, -0.2) is 22.6 Å². The van der Waals surface area contributed by atoms with Gasteiger partial charge < -0.3 is 4.57 Å². The summed E-state index contributed by atoms with van der Waals surface area (Å²) in [6.07, 6.45) is 8.11. The first-order chi connectivity index (χ1) is 15.2. The van der Waals surface area contributed by atoms with E-state index in [9.17, 15) is 4.39 Å². The van der Waals surface area contributed by atoms with Crippen LogP contribution < -0.4 is 0 Å². The number of hydrogen-bond acceptors (Lipinski definition) is 1. The minimum absolute atomic E-state index is 0.200. The Morgan fingerprint density at radius 3 is 2.23 bits per heavy atom. The van der Waals surface area contributed by atoms with Gasteiger partial charge in [0.25, 0.3) is 0 Å². The summed E-state index contributed by atoms with van der Waals surface area (Å²) >= 11 is 0. The fourth-order valence-electron chi connectivity index (χ4n) is 4.71. The lowest BCUT2D eigenvalue weighted by Gasteiger charge is -2.24. The summed E-state index contributed by atoms with van der Waals surface area (Å²) in [6, 6.07) is 22.9. The van der Waals surface area contributed by atoms with Crippen molar-refractivity contribution in [2.45, 2.75) is 38.8 Å². The van der Waals surface area contributed by atoms with Gasteiger partial charge in [-0.3, -0.25) is 4.90 Å². The number of likely N-dealkylation sites (tertiary alicyclic amines) is 1. The molecule has 1 aromatic heterocycles. The molecule has 158 valence electrons. The van der Waals surface area contributed by atoms with E-state index in [1.54, 1.807) is 0 Å². The van der Waals surface area contributed by atoms with E-state index in [0.29, 0.717) is 6.04 Å². The Hall–Kier alpha value is -2.91. The summed E-state index contributed by atoms with van der Waals surface area (Å²) in [4.78, 5) is 2.58. The molecule has 1 aliphatic heterocycles. The van der Waals surface area contributed by atoms with Crippen molar-refractivity contribution in [1.29, 1.82) is 0 Å². The van der Waals surface area contributed by atoms with Gasteiger partial charge in [-0.05, 0) is 90.5 Å². The lowest BCUT2D eigenvalue weighted by Crippen LogP contribution is -2.23. The Labute approximate surface area is 183 Å². The van der Waals surface area contributed by atoms with Crippen LogP contribution >= 0.6 is 0 Å². The van der Waals surface area contributed by atoms with Crippen molar-refractivity contribution in [3.63, 3.8) is 0 Å². The van der Waals surface area contributed by atoms with E-state index in [-0.39, 0.29) is 5.82 Å². The Morgan fingerprint density at radius 2 is 1.48 bits per heavy atom. The van der Waals surface area contributed by atoms with Gasteiger partial charge in [0.2, 0.25) is 0 Å². The number of aryl methyl sites for hydroxylation is 2. The van der Waals surface area contributed by atoms with Gasteiger partial charge in [0.15, 0.2) is 0 Å². The normalized spacial score (nSPS) is 15.5. The molecule has 2 nitrogen and oxygen atoms in total. The van der Waals surface area contributed by atoms with Crippen molar-refractivity contribution in [3.8, 4) is 11.1 Å². The van der Waals surface area contributed by atoms with E-state index in [1.165, 1.54) is 60.0 Å². The van der Waals surface area contributed by atoms with Gasteiger partial charge in [-0.25, -0.2) is 4.39 Å². The molecule has 2 heterocycles. The molecule has 0 amide bonds. The average Bonchev–Trinajstić information content (AvgIpc) is 3.47. The predicted molar refractivity (Wildman–Crippen MR) is 127 cm³/mol. The van der Waals surface area contributed by atoms with E-state index in [4.69, 9.17) is 0 Å². The third-order valence-corrected chi connectivity index (χ3v) is 6.68. The maximum atomic E-state index is 13.2. The molecule has 1 atom stereocenters. The van der Waals surface area contributed by atoms with Crippen molar-refractivity contribution in [1.82, 2.24) is 9.47 Å². The van der Waals surface area contributed by atoms with Crippen molar-refractivity contribution in [2.75, 3.05) is 13.1 Å². The Bertz CT molecular complexity index is 1150. The second kappa shape index (κ2) is 8.68. The highest BCUT2D eigenvalue weighted by Gasteiger charge is 2.19. The highest BCUT2D eigenvalue weighted by molar-refractivity contribution is 5.87. The van der Waals surface area contributed by atoms with E-state index in [1.807, 2.05) is 12.1 Å². The molecule has 0 saturated carbocycles. The van der Waals surface area contributed by atoms with Crippen LogP contribution in [0.3, 0.4) is 0 Å². The van der Waals surface area contributed by atoms with E-state index in [0.717, 1.165) is 24.1 Å². The summed E-state index contributed by atoms with van der Waals surface area (Å²) in [5, 5.41) is 2.46. The highest BCUT2D eigenvalue weighted by atomic mass is 19.1. The zero-order valence-electron chi connectivity index (χ0n) is 18.1. The minimum atomic E-state index is -0.200. The van der Waals surface area contributed by atoms with Gasteiger partial charge in [-0.2, -0.15) is 0 Å². The topological polar surface area (TPSA) is 8.17 Å². The van der Waals surface area contributed by atoms with Crippen molar-refractivity contribution < 1.29 is 4.39 Å². The first-order valence-electron chi connectivity index (χ1n) is 11.3. The smallest absolute Gasteiger partial charge is 0.123 e. The molecule has 1 saturated heterocycles. The molecular weight excluding hydrogens is 383 g/mol. The maximum Gasteiger partial charge on any atom is 0.123 e. The Balaban J connectivity index is 1.25. The number of fused-ring (bicyclic) bond motifs is 1. The number of hydrogen-bond donors (Lipinski definition) is 0. The molecule has 0 bridgehead atoms. The van der Waals surface area contributed by atoms with Crippen LogP contribution in [0.25, 0.3) is 21.9 Å². The summed E-state index contributed by atoms with van der Waals surface area (Å²) in [5.74, 6) is -0.200. The first-order valence-corrected chi connectivity index (χ1v) is 11.3. The molecular formula is C28H29FN2. The molecule has 3 heteroatoms. The molecule has 1 aliphatic rings. The second-order valence-corrected chi connectivity index (χ2v) is 8.76. The van der Waals surface area contributed by atoms with Crippen molar-refractivity contribution >= 4 is 10.8 Å². The van der Waals surface area contributed by atoms with Gasteiger partial charge in [0, 0.05) is 25.0 Å². The SMILES string of the molecule is CC(c1ccc(CCn2cc3ccc(-c4ccc(F)cc4)cc3c2)cc1)N1CCCC1. The highest BCUT2D eigenvalue weighted by Crippen LogP contribution is 2.26. The van der Waals surface area contributed by atoms with Crippen LogP contribution in [-0.2, 0) is 13.0 Å². The quantitative estimate of drug-likeness (QED) is 0.336. The molecule has 4 aromatic rings. The van der Waals surface area contributed by atoms with Gasteiger partial charge in [-0.1, -0.05) is 48.5 Å². The molecule has 0 radical (unpaired) electrons. The fraction of sp³-hybridized carbons (Fsp3) is 0.286. The lowest BCUT2D eigenvalue weighted by atomic mass is 10.0. The van der Waals surface area contributed by atoms with E-state index in [2.05, 4.69) is 71.2 Å². The standard InChI is InChI=1S/C28H29FN2/c1-21(31-15-2-3-16-31)23-6-4-22(5-7-23)14-17-30-19-26-9-8-25(18-27(26)20-30)24-10-12-28(29)13-11-24/h4-13,18-21H,2-3,14-17H2,1H3. The van der Waals surface area contributed by atoms with Crippen LogP contribution in [0, 0.1) is 5.82 Å². The van der Waals surface area contributed by atoms with Crippen LogP contribution in [0.4, 0.5) is 4.39 Å². The van der Waals surface area contributed by atoms with E-state index < -0.39 is 0 Å². The summed E-state index contributed by atoms with van der Waals surface area (Å²) in [7, 11) is 0. The maximum absolute atomic E-state index is 13.2. The number of halogens is 1. The average molecular weight is 413 g/mol. The second-order valence-electron chi connectivity index (χ2n) is 8.76. The first kappa shape index (κ1) is 20.0. The molecule has 5 rings (SSSR count).